The topological polar surface area (TPSA) is 77.0 Å². The quantitative estimate of drug-likeness (QED) is 0.788. The Balaban J connectivity index is 1.77. The van der Waals surface area contributed by atoms with Crippen LogP contribution in [0, 0.1) is 5.82 Å². The highest BCUT2D eigenvalue weighted by Gasteiger charge is 2.24. The van der Waals surface area contributed by atoms with Gasteiger partial charge in [0.15, 0.2) is 0 Å². The molecule has 2 aromatic heterocycles. The second-order valence-corrected chi connectivity index (χ2v) is 5.60. The van der Waals surface area contributed by atoms with Gasteiger partial charge in [0.2, 0.25) is 0 Å². The van der Waals surface area contributed by atoms with E-state index >= 15 is 0 Å². The van der Waals surface area contributed by atoms with E-state index in [4.69, 9.17) is 5.73 Å². The fraction of sp³-hybridized carbons (Fsp3) is 0.111. The molecule has 24 heavy (non-hydrogen) atoms. The first-order chi connectivity index (χ1) is 11.7. The molecule has 0 aliphatic carbocycles. The molecule has 1 atom stereocenters. The van der Waals surface area contributed by atoms with Gasteiger partial charge in [-0.05, 0) is 23.8 Å². The molecule has 0 amide bonds. The SMILES string of the molecule is NC1=NC(c2cc(-c3cccnc3)ccc2F)Cc2ncncc21. The molecule has 4 rings (SSSR count). The Bertz CT molecular complexity index is 924. The molecule has 118 valence electrons. The Kier molecular flexibility index (Phi) is 3.49. The summed E-state index contributed by atoms with van der Waals surface area (Å²) in [5.74, 6) is 0.0368. The first-order valence-electron chi connectivity index (χ1n) is 7.55. The largest absolute Gasteiger partial charge is 0.383 e. The van der Waals surface area contributed by atoms with Crippen molar-refractivity contribution in [1.29, 1.82) is 0 Å². The summed E-state index contributed by atoms with van der Waals surface area (Å²) in [7, 11) is 0. The second kappa shape index (κ2) is 5.81. The van der Waals surface area contributed by atoms with E-state index in [1.54, 1.807) is 30.7 Å². The lowest BCUT2D eigenvalue weighted by Crippen LogP contribution is -2.24. The van der Waals surface area contributed by atoms with Crippen LogP contribution in [0.3, 0.4) is 0 Å². The summed E-state index contributed by atoms with van der Waals surface area (Å²) in [6.07, 6.45) is 7.05. The fourth-order valence-corrected chi connectivity index (χ4v) is 2.89. The number of amidine groups is 1. The third-order valence-corrected chi connectivity index (χ3v) is 4.10. The predicted octanol–water partition coefficient (Wildman–Crippen LogP) is 2.68. The van der Waals surface area contributed by atoms with E-state index in [0.29, 0.717) is 17.8 Å². The predicted molar refractivity (Wildman–Crippen MR) is 88.8 cm³/mol. The molecule has 5 nitrogen and oxygen atoms in total. The summed E-state index contributed by atoms with van der Waals surface area (Å²) in [5, 5.41) is 0. The summed E-state index contributed by atoms with van der Waals surface area (Å²) in [6.45, 7) is 0. The van der Waals surface area contributed by atoms with Crippen molar-refractivity contribution in [2.75, 3.05) is 0 Å². The Morgan fingerprint density at radius 1 is 1.08 bits per heavy atom. The average molecular weight is 319 g/mol. The fourth-order valence-electron chi connectivity index (χ4n) is 2.89. The van der Waals surface area contributed by atoms with Gasteiger partial charge in [-0.1, -0.05) is 12.1 Å². The van der Waals surface area contributed by atoms with Crippen LogP contribution in [0.4, 0.5) is 4.39 Å². The van der Waals surface area contributed by atoms with Crippen LogP contribution in [0.5, 0.6) is 0 Å². The van der Waals surface area contributed by atoms with Gasteiger partial charge in [-0.2, -0.15) is 0 Å². The van der Waals surface area contributed by atoms with Gasteiger partial charge in [-0.3, -0.25) is 9.98 Å². The first-order valence-corrected chi connectivity index (χ1v) is 7.55. The van der Waals surface area contributed by atoms with Gasteiger partial charge in [0.1, 0.15) is 18.0 Å². The van der Waals surface area contributed by atoms with Crippen LogP contribution in [0.1, 0.15) is 22.9 Å². The molecule has 1 aromatic carbocycles. The minimum Gasteiger partial charge on any atom is -0.383 e. The van der Waals surface area contributed by atoms with Gasteiger partial charge in [0.05, 0.1) is 17.3 Å². The number of halogens is 1. The van der Waals surface area contributed by atoms with Crippen molar-refractivity contribution in [3.8, 4) is 11.1 Å². The number of nitrogens with two attached hydrogens (primary N) is 1. The van der Waals surface area contributed by atoms with Crippen LogP contribution in [0.15, 0.2) is 60.2 Å². The maximum absolute atomic E-state index is 14.4. The normalized spacial score (nSPS) is 16.4. The van der Waals surface area contributed by atoms with Crippen LogP contribution in [-0.2, 0) is 6.42 Å². The lowest BCUT2D eigenvalue weighted by molar-refractivity contribution is 0.575. The zero-order valence-electron chi connectivity index (χ0n) is 12.7. The number of pyridine rings is 1. The highest BCUT2D eigenvalue weighted by atomic mass is 19.1. The Morgan fingerprint density at radius 2 is 2.00 bits per heavy atom. The van der Waals surface area contributed by atoms with Crippen molar-refractivity contribution in [3.05, 3.63) is 77.9 Å². The molecule has 0 saturated heterocycles. The minimum absolute atomic E-state index is 0.304. The number of fused-ring (bicyclic) bond motifs is 1. The van der Waals surface area contributed by atoms with Gasteiger partial charge in [-0.15, -0.1) is 0 Å². The number of aliphatic imine (C=N–C) groups is 1. The molecule has 0 spiro atoms. The monoisotopic (exact) mass is 319 g/mol. The van der Waals surface area contributed by atoms with Gasteiger partial charge < -0.3 is 5.73 Å². The van der Waals surface area contributed by atoms with Crippen molar-refractivity contribution < 1.29 is 4.39 Å². The Hall–Kier alpha value is -3.15. The van der Waals surface area contributed by atoms with E-state index in [-0.39, 0.29) is 5.82 Å². The number of aromatic nitrogens is 3. The van der Waals surface area contributed by atoms with Gasteiger partial charge in [0, 0.05) is 36.1 Å². The van der Waals surface area contributed by atoms with E-state index < -0.39 is 6.04 Å². The van der Waals surface area contributed by atoms with E-state index in [9.17, 15) is 4.39 Å². The molecule has 3 aromatic rings. The third-order valence-electron chi connectivity index (χ3n) is 4.10. The maximum Gasteiger partial charge on any atom is 0.129 e. The minimum atomic E-state index is -0.399. The molecule has 6 heteroatoms. The van der Waals surface area contributed by atoms with Gasteiger partial charge >= 0.3 is 0 Å². The van der Waals surface area contributed by atoms with Crippen molar-refractivity contribution >= 4 is 5.84 Å². The molecule has 0 saturated carbocycles. The molecule has 0 bridgehead atoms. The van der Waals surface area contributed by atoms with Crippen LogP contribution >= 0.6 is 0 Å². The van der Waals surface area contributed by atoms with Crippen LogP contribution in [0.25, 0.3) is 11.1 Å². The molecule has 3 heterocycles. The smallest absolute Gasteiger partial charge is 0.129 e. The van der Waals surface area contributed by atoms with E-state index in [1.165, 1.54) is 12.4 Å². The zero-order chi connectivity index (χ0) is 16.5. The lowest BCUT2D eigenvalue weighted by Gasteiger charge is -2.21. The second-order valence-electron chi connectivity index (χ2n) is 5.60. The molecule has 1 unspecified atom stereocenters. The summed E-state index contributed by atoms with van der Waals surface area (Å²) in [6, 6.07) is 8.39. The zero-order valence-corrected chi connectivity index (χ0v) is 12.7. The summed E-state index contributed by atoms with van der Waals surface area (Å²) in [5.41, 5.74) is 9.84. The number of rotatable bonds is 2. The highest BCUT2D eigenvalue weighted by molar-refractivity contribution is 5.99. The maximum atomic E-state index is 14.4. The Labute approximate surface area is 138 Å². The molecular formula is C18H14FN5. The van der Waals surface area contributed by atoms with E-state index in [0.717, 1.165) is 22.4 Å². The Morgan fingerprint density at radius 3 is 2.83 bits per heavy atom. The number of hydrogen-bond donors (Lipinski definition) is 1. The van der Waals surface area contributed by atoms with Crippen LogP contribution in [0.2, 0.25) is 0 Å². The highest BCUT2D eigenvalue weighted by Crippen LogP contribution is 2.32. The molecule has 1 aliphatic rings. The summed E-state index contributed by atoms with van der Waals surface area (Å²) < 4.78 is 14.4. The van der Waals surface area contributed by atoms with Crippen molar-refractivity contribution in [2.24, 2.45) is 10.7 Å². The number of hydrogen-bond acceptors (Lipinski definition) is 5. The lowest BCUT2D eigenvalue weighted by atomic mass is 9.94. The van der Waals surface area contributed by atoms with Crippen molar-refractivity contribution in [2.45, 2.75) is 12.5 Å². The molecule has 0 radical (unpaired) electrons. The average Bonchev–Trinajstić information content (AvgIpc) is 2.63. The standard InChI is InChI=1S/C18H14FN5/c19-15-4-3-11(12-2-1-5-21-8-12)6-13(15)17-7-16-14(18(20)24-17)9-22-10-23-16/h1-6,8-10,17H,7H2,(H2,20,24). The van der Waals surface area contributed by atoms with Crippen molar-refractivity contribution in [3.63, 3.8) is 0 Å². The van der Waals surface area contributed by atoms with Crippen molar-refractivity contribution in [1.82, 2.24) is 15.0 Å². The number of nitrogens with zero attached hydrogens (tertiary/aromatic N) is 4. The molecule has 1 aliphatic heterocycles. The molecular weight excluding hydrogens is 305 g/mol. The number of benzene rings is 1. The van der Waals surface area contributed by atoms with Crippen LogP contribution in [-0.4, -0.2) is 20.8 Å². The summed E-state index contributed by atoms with van der Waals surface area (Å²) >= 11 is 0. The third kappa shape index (κ3) is 2.52. The van der Waals surface area contributed by atoms with Gasteiger partial charge in [-0.25, -0.2) is 14.4 Å². The van der Waals surface area contributed by atoms with Gasteiger partial charge in [0.25, 0.3) is 0 Å². The summed E-state index contributed by atoms with van der Waals surface area (Å²) in [4.78, 5) is 16.8. The first kappa shape index (κ1) is 14.4. The molecule has 0 fully saturated rings. The van der Waals surface area contributed by atoms with Crippen LogP contribution < -0.4 is 5.73 Å². The van der Waals surface area contributed by atoms with E-state index in [2.05, 4.69) is 19.9 Å². The molecule has 2 N–H and O–H groups in total. The van der Waals surface area contributed by atoms with E-state index in [1.807, 2.05) is 12.1 Å².